The molecule has 1 aromatic carbocycles. The number of rotatable bonds is 6. The molecule has 0 aromatic heterocycles. The summed E-state index contributed by atoms with van der Waals surface area (Å²) in [6, 6.07) is 5.20. The maximum Gasteiger partial charge on any atom is 0.238 e. The molecule has 0 atom stereocenters. The largest absolute Gasteiger partial charge is 0.397 e. The van der Waals surface area contributed by atoms with Gasteiger partial charge in [-0.2, -0.15) is 0 Å². The van der Waals surface area contributed by atoms with Gasteiger partial charge in [0.15, 0.2) is 0 Å². The van der Waals surface area contributed by atoms with Crippen molar-refractivity contribution in [3.63, 3.8) is 0 Å². The van der Waals surface area contributed by atoms with Crippen LogP contribution in [-0.4, -0.2) is 42.9 Å². The minimum Gasteiger partial charge on any atom is -0.397 e. The van der Waals surface area contributed by atoms with Gasteiger partial charge in [-0.3, -0.25) is 14.5 Å². The number of nitrogen functional groups attached to an aromatic ring is 1. The lowest BCUT2D eigenvalue weighted by molar-refractivity contribution is -0.123. The van der Waals surface area contributed by atoms with Crippen LogP contribution in [0.2, 0.25) is 5.02 Å². The molecule has 1 aliphatic rings. The number of likely N-dealkylation sites (N-methyl/N-ethyl adjacent to an activating group) is 1. The highest BCUT2D eigenvalue weighted by Gasteiger charge is 2.23. The van der Waals surface area contributed by atoms with E-state index in [1.165, 1.54) is 0 Å². The molecule has 2 rings (SSSR count). The summed E-state index contributed by atoms with van der Waals surface area (Å²) in [6.45, 7) is 0.291. The molecule has 1 aromatic rings. The normalized spacial score (nSPS) is 14.0. The Morgan fingerprint density at radius 1 is 1.33 bits per heavy atom. The van der Waals surface area contributed by atoms with Crippen LogP contribution in [0.25, 0.3) is 0 Å². The van der Waals surface area contributed by atoms with E-state index in [0.29, 0.717) is 22.4 Å². The number of carbonyl (C=O) groups excluding carboxylic acids is 2. The van der Waals surface area contributed by atoms with Crippen LogP contribution in [0.1, 0.15) is 12.8 Å². The van der Waals surface area contributed by atoms with Crippen LogP contribution in [0, 0.1) is 0 Å². The summed E-state index contributed by atoms with van der Waals surface area (Å²) in [5.74, 6) is -0.305. The molecule has 114 valence electrons. The number of benzene rings is 1. The van der Waals surface area contributed by atoms with Gasteiger partial charge in [0.2, 0.25) is 11.8 Å². The predicted molar refractivity (Wildman–Crippen MR) is 83.2 cm³/mol. The Bertz CT molecular complexity index is 546. The van der Waals surface area contributed by atoms with Crippen molar-refractivity contribution in [1.29, 1.82) is 0 Å². The molecule has 0 unspecified atom stereocenters. The molecule has 21 heavy (non-hydrogen) atoms. The molecule has 0 aliphatic heterocycles. The summed E-state index contributed by atoms with van der Waals surface area (Å²) in [5, 5.41) is 6.06. The Hall–Kier alpha value is -1.79. The Morgan fingerprint density at radius 3 is 2.67 bits per heavy atom. The lowest BCUT2D eigenvalue weighted by Gasteiger charge is -2.16. The molecule has 1 saturated carbocycles. The molecular weight excluding hydrogens is 292 g/mol. The average Bonchev–Trinajstić information content (AvgIpc) is 3.17. The zero-order valence-corrected chi connectivity index (χ0v) is 12.6. The van der Waals surface area contributed by atoms with Gasteiger partial charge in [-0.25, -0.2) is 0 Å². The minimum absolute atomic E-state index is 0.0601. The summed E-state index contributed by atoms with van der Waals surface area (Å²) < 4.78 is 0. The Kier molecular flexibility index (Phi) is 5.03. The standard InChI is InChI=1S/C14H19ClN4O2/c1-19(7-13(20)17-10-3-4-10)8-14(21)18-12-6-9(15)2-5-11(12)16/h2,5-6,10H,3-4,7-8,16H2,1H3,(H,17,20)(H,18,21). The third-order valence-electron chi connectivity index (χ3n) is 3.06. The molecule has 1 aliphatic carbocycles. The van der Waals surface area contributed by atoms with Gasteiger partial charge in [0.05, 0.1) is 24.5 Å². The fourth-order valence-corrected chi connectivity index (χ4v) is 2.05. The summed E-state index contributed by atoms with van der Waals surface area (Å²) >= 11 is 5.86. The van der Waals surface area contributed by atoms with Crippen LogP contribution in [-0.2, 0) is 9.59 Å². The van der Waals surface area contributed by atoms with Crippen LogP contribution >= 0.6 is 11.6 Å². The molecule has 4 N–H and O–H groups in total. The number of carbonyl (C=O) groups is 2. The van der Waals surface area contributed by atoms with E-state index in [1.54, 1.807) is 30.1 Å². The lowest BCUT2D eigenvalue weighted by Crippen LogP contribution is -2.39. The number of halogens is 1. The van der Waals surface area contributed by atoms with Crippen molar-refractivity contribution in [3.8, 4) is 0 Å². The summed E-state index contributed by atoms with van der Waals surface area (Å²) in [5.41, 5.74) is 6.68. The molecule has 0 saturated heterocycles. The highest BCUT2D eigenvalue weighted by molar-refractivity contribution is 6.31. The lowest BCUT2D eigenvalue weighted by atomic mass is 10.2. The minimum atomic E-state index is -0.245. The number of nitrogens with two attached hydrogens (primary N) is 1. The highest BCUT2D eigenvalue weighted by atomic mass is 35.5. The van der Waals surface area contributed by atoms with Gasteiger partial charge in [0.1, 0.15) is 0 Å². The molecule has 0 bridgehead atoms. The SMILES string of the molecule is CN(CC(=O)Nc1cc(Cl)ccc1N)CC(=O)NC1CC1. The molecule has 7 heteroatoms. The van der Waals surface area contributed by atoms with E-state index in [4.69, 9.17) is 17.3 Å². The molecule has 6 nitrogen and oxygen atoms in total. The molecule has 0 spiro atoms. The van der Waals surface area contributed by atoms with Crippen molar-refractivity contribution in [2.75, 3.05) is 31.2 Å². The van der Waals surface area contributed by atoms with Crippen molar-refractivity contribution in [2.24, 2.45) is 0 Å². The average molecular weight is 311 g/mol. The van der Waals surface area contributed by atoms with Gasteiger partial charge in [-0.1, -0.05) is 11.6 Å². The monoisotopic (exact) mass is 310 g/mol. The maximum atomic E-state index is 11.9. The van der Waals surface area contributed by atoms with Gasteiger partial charge in [-0.05, 0) is 38.1 Å². The fourth-order valence-electron chi connectivity index (χ4n) is 1.87. The number of hydrogen-bond acceptors (Lipinski definition) is 4. The van der Waals surface area contributed by atoms with Crippen LogP contribution < -0.4 is 16.4 Å². The van der Waals surface area contributed by atoms with Gasteiger partial charge in [0.25, 0.3) is 0 Å². The number of amides is 2. The van der Waals surface area contributed by atoms with E-state index >= 15 is 0 Å². The zero-order valence-electron chi connectivity index (χ0n) is 11.9. The Morgan fingerprint density at radius 2 is 2.00 bits per heavy atom. The van der Waals surface area contributed by atoms with E-state index in [-0.39, 0.29) is 24.9 Å². The first-order valence-corrected chi connectivity index (χ1v) is 7.14. The van der Waals surface area contributed by atoms with Gasteiger partial charge < -0.3 is 16.4 Å². The predicted octanol–water partition coefficient (Wildman–Crippen LogP) is 1.07. The number of anilines is 2. The second-order valence-corrected chi connectivity index (χ2v) is 5.73. The second kappa shape index (κ2) is 6.78. The summed E-state index contributed by atoms with van der Waals surface area (Å²) in [4.78, 5) is 25.2. The van der Waals surface area contributed by atoms with E-state index in [0.717, 1.165) is 12.8 Å². The van der Waals surface area contributed by atoms with Crippen molar-refractivity contribution >= 4 is 34.8 Å². The third kappa shape index (κ3) is 5.24. The zero-order chi connectivity index (χ0) is 15.4. The Balaban J connectivity index is 1.80. The Labute approximate surface area is 128 Å². The van der Waals surface area contributed by atoms with Gasteiger partial charge >= 0.3 is 0 Å². The topological polar surface area (TPSA) is 87.5 Å². The van der Waals surface area contributed by atoms with Gasteiger partial charge in [-0.15, -0.1) is 0 Å². The highest BCUT2D eigenvalue weighted by Crippen LogP contribution is 2.22. The van der Waals surface area contributed by atoms with Crippen LogP contribution in [0.4, 0.5) is 11.4 Å². The molecule has 2 amide bonds. The van der Waals surface area contributed by atoms with E-state index in [9.17, 15) is 9.59 Å². The molecule has 0 radical (unpaired) electrons. The van der Waals surface area contributed by atoms with Crippen molar-refractivity contribution in [2.45, 2.75) is 18.9 Å². The first-order valence-electron chi connectivity index (χ1n) is 6.77. The van der Waals surface area contributed by atoms with Crippen molar-refractivity contribution in [1.82, 2.24) is 10.2 Å². The first-order chi connectivity index (χ1) is 9.94. The van der Waals surface area contributed by atoms with Crippen molar-refractivity contribution < 1.29 is 9.59 Å². The molecule has 0 heterocycles. The fraction of sp³-hybridized carbons (Fsp3) is 0.429. The smallest absolute Gasteiger partial charge is 0.238 e. The van der Waals surface area contributed by atoms with Crippen LogP contribution in [0.3, 0.4) is 0 Å². The molecule has 1 fully saturated rings. The summed E-state index contributed by atoms with van der Waals surface area (Å²) in [7, 11) is 1.72. The van der Waals surface area contributed by atoms with Gasteiger partial charge in [0, 0.05) is 11.1 Å². The second-order valence-electron chi connectivity index (χ2n) is 5.29. The van der Waals surface area contributed by atoms with E-state index < -0.39 is 0 Å². The first kappa shape index (κ1) is 15.6. The number of hydrogen-bond donors (Lipinski definition) is 3. The summed E-state index contributed by atoms with van der Waals surface area (Å²) in [6.07, 6.45) is 2.09. The number of nitrogens with zero attached hydrogens (tertiary/aromatic N) is 1. The number of nitrogens with one attached hydrogen (secondary N) is 2. The van der Waals surface area contributed by atoms with E-state index in [2.05, 4.69) is 10.6 Å². The van der Waals surface area contributed by atoms with Crippen LogP contribution in [0.15, 0.2) is 18.2 Å². The quantitative estimate of drug-likeness (QED) is 0.686. The third-order valence-corrected chi connectivity index (χ3v) is 3.29. The van der Waals surface area contributed by atoms with E-state index in [1.807, 2.05) is 0 Å². The molecular formula is C14H19ClN4O2. The van der Waals surface area contributed by atoms with Crippen molar-refractivity contribution in [3.05, 3.63) is 23.2 Å². The maximum absolute atomic E-state index is 11.9. The van der Waals surface area contributed by atoms with Crippen LogP contribution in [0.5, 0.6) is 0 Å².